The lowest BCUT2D eigenvalue weighted by Crippen LogP contribution is -1.82. The Hall–Kier alpha value is -1.23. The van der Waals surface area contributed by atoms with Gasteiger partial charge in [-0.05, 0) is 34.1 Å². The zero-order valence-electron chi connectivity index (χ0n) is 6.37. The van der Waals surface area contributed by atoms with Crippen LogP contribution in [-0.2, 0) is 0 Å². The van der Waals surface area contributed by atoms with Gasteiger partial charge in [-0.1, -0.05) is 0 Å². The predicted molar refractivity (Wildman–Crippen MR) is 47.4 cm³/mol. The summed E-state index contributed by atoms with van der Waals surface area (Å²) in [6.45, 7) is 0. The lowest BCUT2D eigenvalue weighted by molar-refractivity contribution is 0.566. The van der Waals surface area contributed by atoms with Crippen LogP contribution in [0, 0.1) is 5.82 Å². The Bertz CT molecular complexity index is 416. The molecule has 1 aromatic heterocycles. The van der Waals surface area contributed by atoms with E-state index < -0.39 is 0 Å². The molecular weight excluding hydrogens is 239 g/mol. The van der Waals surface area contributed by atoms with E-state index in [0.29, 0.717) is 11.5 Å². The molecule has 13 heavy (non-hydrogen) atoms. The van der Waals surface area contributed by atoms with Crippen LogP contribution in [0.5, 0.6) is 0 Å². The lowest BCUT2D eigenvalue weighted by atomic mass is 10.2. The van der Waals surface area contributed by atoms with E-state index >= 15 is 0 Å². The van der Waals surface area contributed by atoms with E-state index in [9.17, 15) is 4.39 Å². The summed E-state index contributed by atoms with van der Waals surface area (Å²) in [6.07, 6.45) is 1.20. The standard InChI is InChI=1S/C8H4BrFN2O/c9-7-2-1-5(10)3-6(7)8-12-11-4-13-8/h1-4H. The predicted octanol–water partition coefficient (Wildman–Crippen LogP) is 2.64. The molecule has 2 aromatic rings. The summed E-state index contributed by atoms with van der Waals surface area (Å²) in [5, 5.41) is 7.18. The Morgan fingerprint density at radius 3 is 2.92 bits per heavy atom. The number of hydrogen-bond donors (Lipinski definition) is 0. The quantitative estimate of drug-likeness (QED) is 0.772. The Morgan fingerprint density at radius 2 is 2.23 bits per heavy atom. The van der Waals surface area contributed by atoms with Gasteiger partial charge in [-0.2, -0.15) is 0 Å². The van der Waals surface area contributed by atoms with E-state index in [1.165, 1.54) is 18.5 Å². The molecule has 5 heteroatoms. The van der Waals surface area contributed by atoms with Crippen molar-refractivity contribution in [1.29, 1.82) is 0 Å². The SMILES string of the molecule is Fc1ccc(Br)c(-c2nnco2)c1. The first kappa shape index (κ1) is 8.37. The smallest absolute Gasteiger partial charge is 0.248 e. The van der Waals surface area contributed by atoms with Gasteiger partial charge in [0, 0.05) is 4.47 Å². The molecule has 1 aromatic carbocycles. The molecule has 0 aliphatic carbocycles. The van der Waals surface area contributed by atoms with Crippen molar-refractivity contribution in [3.63, 3.8) is 0 Å². The van der Waals surface area contributed by atoms with Crippen LogP contribution < -0.4 is 0 Å². The van der Waals surface area contributed by atoms with Gasteiger partial charge in [0.15, 0.2) is 0 Å². The average molecular weight is 243 g/mol. The second-order valence-electron chi connectivity index (χ2n) is 2.37. The van der Waals surface area contributed by atoms with E-state index in [0.717, 1.165) is 4.47 Å². The normalized spacial score (nSPS) is 10.3. The van der Waals surface area contributed by atoms with Gasteiger partial charge in [-0.25, -0.2) is 4.39 Å². The van der Waals surface area contributed by atoms with Crippen molar-refractivity contribution < 1.29 is 8.81 Å². The molecule has 0 saturated carbocycles. The largest absolute Gasteiger partial charge is 0.423 e. The summed E-state index contributed by atoms with van der Waals surface area (Å²) >= 11 is 3.26. The molecule has 0 bridgehead atoms. The number of rotatable bonds is 1. The highest BCUT2D eigenvalue weighted by molar-refractivity contribution is 9.10. The molecule has 0 radical (unpaired) electrons. The minimum absolute atomic E-state index is 0.298. The molecule has 1 heterocycles. The van der Waals surface area contributed by atoms with Crippen molar-refractivity contribution in [3.05, 3.63) is 34.9 Å². The highest BCUT2D eigenvalue weighted by atomic mass is 79.9. The van der Waals surface area contributed by atoms with Gasteiger partial charge in [0.1, 0.15) is 5.82 Å². The van der Waals surface area contributed by atoms with E-state index in [-0.39, 0.29) is 5.82 Å². The van der Waals surface area contributed by atoms with E-state index in [4.69, 9.17) is 4.42 Å². The van der Waals surface area contributed by atoms with Crippen LogP contribution >= 0.6 is 15.9 Å². The first-order valence-corrected chi connectivity index (χ1v) is 4.28. The third-order valence-electron chi connectivity index (χ3n) is 1.52. The summed E-state index contributed by atoms with van der Waals surface area (Å²) in [5.74, 6) is -0.0391. The minimum atomic E-state index is -0.337. The van der Waals surface area contributed by atoms with Crippen LogP contribution in [-0.4, -0.2) is 10.2 Å². The third kappa shape index (κ3) is 1.60. The molecule has 3 nitrogen and oxygen atoms in total. The van der Waals surface area contributed by atoms with Crippen molar-refractivity contribution in [2.75, 3.05) is 0 Å². The van der Waals surface area contributed by atoms with Crippen LogP contribution in [0.2, 0.25) is 0 Å². The number of nitrogens with zero attached hydrogens (tertiary/aromatic N) is 2. The summed E-state index contributed by atoms with van der Waals surface area (Å²) < 4.78 is 18.5. The second kappa shape index (κ2) is 3.26. The van der Waals surface area contributed by atoms with Crippen molar-refractivity contribution in [2.24, 2.45) is 0 Å². The van der Waals surface area contributed by atoms with Crippen LogP contribution in [0.15, 0.2) is 33.5 Å². The summed E-state index contributed by atoms with van der Waals surface area (Å²) in [5.41, 5.74) is 0.553. The van der Waals surface area contributed by atoms with Crippen LogP contribution in [0.3, 0.4) is 0 Å². The Labute approximate surface area is 81.7 Å². The van der Waals surface area contributed by atoms with Gasteiger partial charge in [0.2, 0.25) is 12.3 Å². The molecule has 0 spiro atoms. The minimum Gasteiger partial charge on any atom is -0.423 e. The van der Waals surface area contributed by atoms with Gasteiger partial charge in [0.05, 0.1) is 5.56 Å². The van der Waals surface area contributed by atoms with Gasteiger partial charge >= 0.3 is 0 Å². The first-order chi connectivity index (χ1) is 6.27. The number of halogens is 2. The van der Waals surface area contributed by atoms with Gasteiger partial charge in [-0.3, -0.25) is 0 Å². The molecule has 0 atom stereocenters. The van der Waals surface area contributed by atoms with Crippen molar-refractivity contribution >= 4 is 15.9 Å². The Morgan fingerprint density at radius 1 is 1.38 bits per heavy atom. The highest BCUT2D eigenvalue weighted by Gasteiger charge is 2.08. The van der Waals surface area contributed by atoms with Crippen molar-refractivity contribution in [2.45, 2.75) is 0 Å². The number of aromatic nitrogens is 2. The Balaban J connectivity index is 2.57. The molecule has 0 aliphatic rings. The van der Waals surface area contributed by atoms with Crippen LogP contribution in [0.1, 0.15) is 0 Å². The zero-order chi connectivity index (χ0) is 9.26. The van der Waals surface area contributed by atoms with Crippen LogP contribution in [0.4, 0.5) is 4.39 Å². The van der Waals surface area contributed by atoms with E-state index in [1.54, 1.807) is 6.07 Å². The molecule has 66 valence electrons. The van der Waals surface area contributed by atoms with Crippen molar-refractivity contribution in [1.82, 2.24) is 10.2 Å². The fourth-order valence-corrected chi connectivity index (χ4v) is 1.37. The van der Waals surface area contributed by atoms with E-state index in [1.807, 2.05) is 0 Å². The molecule has 0 saturated heterocycles. The number of benzene rings is 1. The Kier molecular flexibility index (Phi) is 2.10. The maximum atomic E-state index is 12.8. The summed E-state index contributed by atoms with van der Waals surface area (Å²) in [4.78, 5) is 0. The summed E-state index contributed by atoms with van der Waals surface area (Å²) in [6, 6.07) is 4.27. The fraction of sp³-hybridized carbons (Fsp3) is 0. The molecule has 2 rings (SSSR count). The molecular formula is C8H4BrFN2O. The molecule has 0 N–H and O–H groups in total. The summed E-state index contributed by atoms with van der Waals surface area (Å²) in [7, 11) is 0. The van der Waals surface area contributed by atoms with Crippen LogP contribution in [0.25, 0.3) is 11.5 Å². The second-order valence-corrected chi connectivity index (χ2v) is 3.22. The molecule has 0 unspecified atom stereocenters. The molecule has 0 fully saturated rings. The highest BCUT2D eigenvalue weighted by Crippen LogP contribution is 2.26. The van der Waals surface area contributed by atoms with Gasteiger partial charge in [-0.15, -0.1) is 10.2 Å². The maximum absolute atomic E-state index is 12.8. The van der Waals surface area contributed by atoms with Crippen molar-refractivity contribution in [3.8, 4) is 11.5 Å². The van der Waals surface area contributed by atoms with E-state index in [2.05, 4.69) is 26.1 Å². The number of hydrogen-bond acceptors (Lipinski definition) is 3. The topological polar surface area (TPSA) is 38.9 Å². The average Bonchev–Trinajstić information content (AvgIpc) is 2.61. The molecule has 0 aliphatic heterocycles. The first-order valence-electron chi connectivity index (χ1n) is 3.49. The monoisotopic (exact) mass is 242 g/mol. The fourth-order valence-electron chi connectivity index (χ4n) is 0.952. The maximum Gasteiger partial charge on any atom is 0.248 e. The van der Waals surface area contributed by atoms with Gasteiger partial charge in [0.25, 0.3) is 0 Å². The lowest BCUT2D eigenvalue weighted by Gasteiger charge is -1.97. The molecule has 0 amide bonds. The zero-order valence-corrected chi connectivity index (χ0v) is 7.95. The van der Waals surface area contributed by atoms with Gasteiger partial charge < -0.3 is 4.42 Å². The third-order valence-corrected chi connectivity index (χ3v) is 2.21.